The standard InChI is InChI=1S/C16H29N5/c1-5-15-12-21(9-8-20(15)4)16-7-6-14(18-19-16)11-17-10-13(2)3/h6-7,13,15,17H,5,8-12H2,1-4H3. The maximum atomic E-state index is 4.41. The lowest BCUT2D eigenvalue weighted by atomic mass is 10.1. The smallest absolute Gasteiger partial charge is 0.151 e. The van der Waals surface area contributed by atoms with Gasteiger partial charge in [0.2, 0.25) is 0 Å². The molecule has 0 radical (unpaired) electrons. The lowest BCUT2D eigenvalue weighted by Gasteiger charge is -2.39. The van der Waals surface area contributed by atoms with Gasteiger partial charge in [-0.3, -0.25) is 4.90 Å². The van der Waals surface area contributed by atoms with Gasteiger partial charge in [-0.2, -0.15) is 5.10 Å². The molecule has 0 bridgehead atoms. The Morgan fingerprint density at radius 3 is 2.71 bits per heavy atom. The predicted octanol–water partition coefficient (Wildman–Crippen LogP) is 1.75. The van der Waals surface area contributed by atoms with Crippen molar-refractivity contribution < 1.29 is 0 Å². The van der Waals surface area contributed by atoms with Gasteiger partial charge in [-0.15, -0.1) is 5.10 Å². The fourth-order valence-corrected chi connectivity index (χ4v) is 2.70. The highest BCUT2D eigenvalue weighted by atomic mass is 15.3. The molecule has 2 heterocycles. The van der Waals surface area contributed by atoms with E-state index < -0.39 is 0 Å². The molecule has 5 heteroatoms. The van der Waals surface area contributed by atoms with Crippen LogP contribution in [0.2, 0.25) is 0 Å². The average molecular weight is 291 g/mol. The SMILES string of the molecule is CCC1CN(c2ccc(CNCC(C)C)nn2)CCN1C. The van der Waals surface area contributed by atoms with Crippen LogP contribution in [0.1, 0.15) is 32.9 Å². The molecule has 1 aromatic heterocycles. The molecule has 0 spiro atoms. The Hall–Kier alpha value is -1.20. The van der Waals surface area contributed by atoms with Gasteiger partial charge in [0.15, 0.2) is 5.82 Å². The summed E-state index contributed by atoms with van der Waals surface area (Å²) in [6.07, 6.45) is 1.18. The van der Waals surface area contributed by atoms with E-state index in [-0.39, 0.29) is 0 Å². The van der Waals surface area contributed by atoms with Crippen molar-refractivity contribution in [1.82, 2.24) is 20.4 Å². The number of hydrogen-bond acceptors (Lipinski definition) is 5. The summed E-state index contributed by atoms with van der Waals surface area (Å²) in [5.74, 6) is 1.67. The number of hydrogen-bond donors (Lipinski definition) is 1. The molecule has 1 atom stereocenters. The highest BCUT2D eigenvalue weighted by Gasteiger charge is 2.23. The van der Waals surface area contributed by atoms with Gasteiger partial charge < -0.3 is 10.2 Å². The molecule has 1 N–H and O–H groups in total. The fourth-order valence-electron chi connectivity index (χ4n) is 2.70. The van der Waals surface area contributed by atoms with Gasteiger partial charge in [-0.25, -0.2) is 0 Å². The van der Waals surface area contributed by atoms with Crippen LogP contribution in [0.3, 0.4) is 0 Å². The van der Waals surface area contributed by atoms with Crippen LogP contribution >= 0.6 is 0 Å². The largest absolute Gasteiger partial charge is 0.352 e. The van der Waals surface area contributed by atoms with Crippen LogP contribution in [0.5, 0.6) is 0 Å². The minimum Gasteiger partial charge on any atom is -0.352 e. The van der Waals surface area contributed by atoms with Crippen molar-refractivity contribution in [2.45, 2.75) is 39.8 Å². The van der Waals surface area contributed by atoms with Gasteiger partial charge in [0.05, 0.1) is 5.69 Å². The highest BCUT2D eigenvalue weighted by molar-refractivity contribution is 5.38. The Balaban J connectivity index is 1.89. The molecule has 0 amide bonds. The maximum absolute atomic E-state index is 4.41. The Labute approximate surface area is 128 Å². The van der Waals surface area contributed by atoms with E-state index in [1.807, 2.05) is 0 Å². The van der Waals surface area contributed by atoms with Crippen molar-refractivity contribution in [3.63, 3.8) is 0 Å². The van der Waals surface area contributed by atoms with Gasteiger partial charge in [0.25, 0.3) is 0 Å². The molecule has 1 aliphatic heterocycles. The van der Waals surface area contributed by atoms with Crippen LogP contribution in [0, 0.1) is 5.92 Å². The van der Waals surface area contributed by atoms with Crippen LogP contribution in [-0.2, 0) is 6.54 Å². The van der Waals surface area contributed by atoms with E-state index in [9.17, 15) is 0 Å². The van der Waals surface area contributed by atoms with E-state index in [0.29, 0.717) is 12.0 Å². The molecule has 0 aliphatic carbocycles. The van der Waals surface area contributed by atoms with Crippen molar-refractivity contribution in [2.75, 3.05) is 38.1 Å². The number of rotatable bonds is 6. The van der Waals surface area contributed by atoms with Crippen molar-refractivity contribution in [3.05, 3.63) is 17.8 Å². The number of piperazine rings is 1. The molecule has 21 heavy (non-hydrogen) atoms. The third-order valence-corrected chi connectivity index (χ3v) is 4.14. The lowest BCUT2D eigenvalue weighted by molar-refractivity contribution is 0.212. The minimum atomic E-state index is 0.618. The first-order valence-corrected chi connectivity index (χ1v) is 8.08. The second-order valence-electron chi connectivity index (χ2n) is 6.40. The number of aromatic nitrogens is 2. The van der Waals surface area contributed by atoms with Crippen LogP contribution in [0.15, 0.2) is 12.1 Å². The summed E-state index contributed by atoms with van der Waals surface area (Å²) in [7, 11) is 2.21. The van der Waals surface area contributed by atoms with E-state index >= 15 is 0 Å². The zero-order valence-electron chi connectivity index (χ0n) is 13.8. The predicted molar refractivity (Wildman–Crippen MR) is 87.5 cm³/mol. The van der Waals surface area contributed by atoms with Gasteiger partial charge in [-0.1, -0.05) is 20.8 Å². The van der Waals surface area contributed by atoms with E-state index in [4.69, 9.17) is 0 Å². The quantitative estimate of drug-likeness (QED) is 0.865. The zero-order chi connectivity index (χ0) is 15.2. The molecular formula is C16H29N5. The molecular weight excluding hydrogens is 262 g/mol. The number of likely N-dealkylation sites (N-methyl/N-ethyl adjacent to an activating group) is 1. The molecule has 1 saturated heterocycles. The summed E-state index contributed by atoms with van der Waals surface area (Å²) in [5.41, 5.74) is 1.01. The average Bonchev–Trinajstić information content (AvgIpc) is 2.48. The van der Waals surface area contributed by atoms with E-state index in [2.05, 4.69) is 65.3 Å². The van der Waals surface area contributed by atoms with Gasteiger partial charge in [0, 0.05) is 32.2 Å². The third-order valence-electron chi connectivity index (χ3n) is 4.14. The highest BCUT2D eigenvalue weighted by Crippen LogP contribution is 2.17. The second kappa shape index (κ2) is 7.71. The Morgan fingerprint density at radius 1 is 1.29 bits per heavy atom. The summed E-state index contributed by atoms with van der Waals surface area (Å²) in [4.78, 5) is 4.79. The van der Waals surface area contributed by atoms with Crippen molar-refractivity contribution in [1.29, 1.82) is 0 Å². The summed E-state index contributed by atoms with van der Waals surface area (Å²) in [6, 6.07) is 4.82. The minimum absolute atomic E-state index is 0.618. The summed E-state index contributed by atoms with van der Waals surface area (Å²) >= 11 is 0. The first-order valence-electron chi connectivity index (χ1n) is 8.08. The molecule has 1 fully saturated rings. The van der Waals surface area contributed by atoms with Gasteiger partial charge in [0.1, 0.15) is 0 Å². The summed E-state index contributed by atoms with van der Waals surface area (Å²) < 4.78 is 0. The first kappa shape index (κ1) is 16.2. The van der Waals surface area contributed by atoms with E-state index in [1.165, 1.54) is 6.42 Å². The number of anilines is 1. The molecule has 0 saturated carbocycles. The second-order valence-corrected chi connectivity index (χ2v) is 6.40. The van der Waals surface area contributed by atoms with E-state index in [0.717, 1.165) is 44.2 Å². The molecule has 0 aromatic carbocycles. The van der Waals surface area contributed by atoms with Crippen molar-refractivity contribution in [3.8, 4) is 0 Å². The molecule has 2 rings (SSSR count). The Morgan fingerprint density at radius 2 is 2.10 bits per heavy atom. The van der Waals surface area contributed by atoms with Gasteiger partial charge in [-0.05, 0) is 38.1 Å². The van der Waals surface area contributed by atoms with Crippen LogP contribution in [0.4, 0.5) is 5.82 Å². The van der Waals surface area contributed by atoms with Crippen molar-refractivity contribution >= 4 is 5.82 Å². The third kappa shape index (κ3) is 4.64. The molecule has 1 aromatic rings. The van der Waals surface area contributed by atoms with Gasteiger partial charge >= 0.3 is 0 Å². The lowest BCUT2D eigenvalue weighted by Crippen LogP contribution is -2.51. The van der Waals surface area contributed by atoms with E-state index in [1.54, 1.807) is 0 Å². The molecule has 5 nitrogen and oxygen atoms in total. The number of nitrogens with zero attached hydrogens (tertiary/aromatic N) is 4. The topological polar surface area (TPSA) is 44.3 Å². The number of nitrogens with one attached hydrogen (secondary N) is 1. The van der Waals surface area contributed by atoms with Crippen LogP contribution in [-0.4, -0.2) is 54.4 Å². The summed E-state index contributed by atoms with van der Waals surface area (Å²) in [5, 5.41) is 12.2. The summed E-state index contributed by atoms with van der Waals surface area (Å²) in [6.45, 7) is 11.7. The molecule has 118 valence electrons. The Kier molecular flexibility index (Phi) is 5.94. The maximum Gasteiger partial charge on any atom is 0.151 e. The first-order chi connectivity index (χ1) is 10.1. The van der Waals surface area contributed by atoms with Crippen LogP contribution < -0.4 is 10.2 Å². The normalized spacial score (nSPS) is 20.2. The van der Waals surface area contributed by atoms with Crippen molar-refractivity contribution in [2.24, 2.45) is 5.92 Å². The molecule has 1 unspecified atom stereocenters. The Bertz CT molecular complexity index is 417. The fraction of sp³-hybridized carbons (Fsp3) is 0.750. The molecule has 1 aliphatic rings. The van der Waals surface area contributed by atoms with Crippen LogP contribution in [0.25, 0.3) is 0 Å². The monoisotopic (exact) mass is 291 g/mol. The zero-order valence-corrected chi connectivity index (χ0v) is 13.8.